The number of alkyl halides is 3. The van der Waals surface area contributed by atoms with Crippen molar-refractivity contribution in [3.63, 3.8) is 0 Å². The number of hydrogen-bond acceptors (Lipinski definition) is 3. The summed E-state index contributed by atoms with van der Waals surface area (Å²) >= 11 is 0. The van der Waals surface area contributed by atoms with Crippen LogP contribution in [0.1, 0.15) is 38.8 Å². The van der Waals surface area contributed by atoms with Gasteiger partial charge in [0.2, 0.25) is 0 Å². The molecule has 1 aliphatic heterocycles. The van der Waals surface area contributed by atoms with Crippen LogP contribution in [-0.4, -0.2) is 61.8 Å². The highest BCUT2D eigenvalue weighted by molar-refractivity contribution is 14.0. The summed E-state index contributed by atoms with van der Waals surface area (Å²) in [6.45, 7) is 6.91. The van der Waals surface area contributed by atoms with Crippen molar-refractivity contribution in [3.8, 4) is 0 Å². The first kappa shape index (κ1) is 26.0. The Morgan fingerprint density at radius 2 is 1.90 bits per heavy atom. The van der Waals surface area contributed by atoms with Gasteiger partial charge in [-0.2, -0.15) is 13.2 Å². The second-order valence-corrected chi connectivity index (χ2v) is 8.07. The van der Waals surface area contributed by atoms with Crippen molar-refractivity contribution >= 4 is 29.9 Å². The summed E-state index contributed by atoms with van der Waals surface area (Å²) in [6.07, 6.45) is -3.48. The van der Waals surface area contributed by atoms with E-state index in [0.717, 1.165) is 0 Å². The molecule has 1 aromatic carbocycles. The van der Waals surface area contributed by atoms with Gasteiger partial charge in [0.25, 0.3) is 0 Å². The van der Waals surface area contributed by atoms with Crippen LogP contribution in [0.5, 0.6) is 0 Å². The highest BCUT2D eigenvalue weighted by Gasteiger charge is 2.34. The number of nitrogens with one attached hydrogen (secondary N) is 3. The van der Waals surface area contributed by atoms with E-state index in [1.807, 2.05) is 18.2 Å². The lowest BCUT2D eigenvalue weighted by Crippen LogP contribution is -2.53. The van der Waals surface area contributed by atoms with Gasteiger partial charge in [-0.15, -0.1) is 24.0 Å². The van der Waals surface area contributed by atoms with Gasteiger partial charge in [0.1, 0.15) is 0 Å². The van der Waals surface area contributed by atoms with Crippen LogP contribution in [0, 0.1) is 0 Å². The number of hydrogen-bond donors (Lipinski definition) is 3. The Bertz CT molecular complexity index is 637. The Morgan fingerprint density at radius 3 is 2.48 bits per heavy atom. The molecule has 9 heteroatoms. The summed E-state index contributed by atoms with van der Waals surface area (Å²) in [4.78, 5) is 5.65. The molecule has 1 aliphatic rings. The van der Waals surface area contributed by atoms with Gasteiger partial charge in [0, 0.05) is 44.3 Å². The first-order chi connectivity index (χ1) is 13.1. The highest BCUT2D eigenvalue weighted by Crippen LogP contribution is 2.20. The Labute approximate surface area is 188 Å². The summed E-state index contributed by atoms with van der Waals surface area (Å²) < 4.78 is 37.6. The fourth-order valence-electron chi connectivity index (χ4n) is 3.50. The molecule has 29 heavy (non-hydrogen) atoms. The molecule has 1 heterocycles. The minimum absolute atomic E-state index is 0. The summed E-state index contributed by atoms with van der Waals surface area (Å²) in [5.74, 6) is 0.612. The molecule has 0 aliphatic carbocycles. The zero-order chi connectivity index (χ0) is 20.8. The zero-order valence-electron chi connectivity index (χ0n) is 17.5. The molecule has 2 atom stereocenters. The van der Waals surface area contributed by atoms with Gasteiger partial charge < -0.3 is 16.0 Å². The zero-order valence-corrected chi connectivity index (χ0v) is 19.8. The van der Waals surface area contributed by atoms with Gasteiger partial charge >= 0.3 is 6.18 Å². The molecule has 1 saturated heterocycles. The number of benzene rings is 1. The van der Waals surface area contributed by atoms with Crippen LogP contribution < -0.4 is 16.0 Å². The second kappa shape index (κ2) is 11.4. The molecule has 0 amide bonds. The Kier molecular flexibility index (Phi) is 10.2. The van der Waals surface area contributed by atoms with E-state index >= 15 is 0 Å². The molecular weight excluding hydrogens is 494 g/mol. The Hall–Kier alpha value is -1.07. The highest BCUT2D eigenvalue weighted by atomic mass is 127. The standard InChI is InChI=1S/C20H32F3N5.HI/c1-15(16-8-6-5-7-9-16)27-19(2,3)13-25-18(24-4)26-17-10-11-28(12-17)14-20(21,22)23;/h5-9,15,17,27H,10-14H2,1-4H3,(H2,24,25,26);1H. The maximum atomic E-state index is 12.5. The lowest BCUT2D eigenvalue weighted by atomic mass is 10.0. The SMILES string of the molecule is CN=C(NCC(C)(C)NC(C)c1ccccc1)NC1CCN(CC(F)(F)F)C1.I. The maximum absolute atomic E-state index is 12.5. The predicted octanol–water partition coefficient (Wildman–Crippen LogP) is 3.54. The number of guanidine groups is 1. The summed E-state index contributed by atoms with van der Waals surface area (Å²) in [7, 11) is 1.67. The Balaban J connectivity index is 0.00000420. The molecule has 0 aromatic heterocycles. The van der Waals surface area contributed by atoms with Gasteiger partial charge in [-0.05, 0) is 32.8 Å². The third-order valence-corrected chi connectivity index (χ3v) is 4.84. The number of nitrogens with zero attached hydrogens (tertiary/aromatic N) is 2. The van der Waals surface area contributed by atoms with E-state index in [0.29, 0.717) is 32.0 Å². The van der Waals surface area contributed by atoms with Crippen LogP contribution in [0.15, 0.2) is 35.3 Å². The number of likely N-dealkylation sites (tertiary alicyclic amines) is 1. The third kappa shape index (κ3) is 9.52. The van der Waals surface area contributed by atoms with Crippen LogP contribution in [0.2, 0.25) is 0 Å². The minimum Gasteiger partial charge on any atom is -0.355 e. The van der Waals surface area contributed by atoms with Crippen molar-refractivity contribution in [2.75, 3.05) is 33.2 Å². The van der Waals surface area contributed by atoms with E-state index in [9.17, 15) is 13.2 Å². The average molecular weight is 527 g/mol. The second-order valence-electron chi connectivity index (χ2n) is 8.07. The van der Waals surface area contributed by atoms with Crippen molar-refractivity contribution in [2.24, 2.45) is 4.99 Å². The largest absolute Gasteiger partial charge is 0.401 e. The molecular formula is C20H33F3IN5. The number of aliphatic imine (C=N–C) groups is 1. The molecule has 0 radical (unpaired) electrons. The van der Waals surface area contributed by atoms with Crippen molar-refractivity contribution in [1.82, 2.24) is 20.9 Å². The van der Waals surface area contributed by atoms with E-state index in [4.69, 9.17) is 0 Å². The van der Waals surface area contributed by atoms with Gasteiger partial charge in [-0.3, -0.25) is 9.89 Å². The van der Waals surface area contributed by atoms with E-state index < -0.39 is 12.7 Å². The fourth-order valence-corrected chi connectivity index (χ4v) is 3.50. The molecule has 2 rings (SSSR count). The van der Waals surface area contributed by atoms with Gasteiger partial charge in [0.05, 0.1) is 6.54 Å². The predicted molar refractivity (Wildman–Crippen MR) is 123 cm³/mol. The fraction of sp³-hybridized carbons (Fsp3) is 0.650. The first-order valence-corrected chi connectivity index (χ1v) is 9.67. The van der Waals surface area contributed by atoms with Crippen LogP contribution in [-0.2, 0) is 0 Å². The molecule has 0 spiro atoms. The van der Waals surface area contributed by atoms with E-state index in [1.165, 1.54) is 10.5 Å². The number of halogens is 4. The summed E-state index contributed by atoms with van der Waals surface area (Å²) in [6, 6.07) is 10.4. The van der Waals surface area contributed by atoms with E-state index in [1.54, 1.807) is 7.05 Å². The van der Waals surface area contributed by atoms with Gasteiger partial charge in [0.15, 0.2) is 5.96 Å². The lowest BCUT2D eigenvalue weighted by molar-refractivity contribution is -0.143. The quantitative estimate of drug-likeness (QED) is 0.289. The smallest absolute Gasteiger partial charge is 0.355 e. The summed E-state index contributed by atoms with van der Waals surface area (Å²) in [5.41, 5.74) is 1.01. The first-order valence-electron chi connectivity index (χ1n) is 9.67. The van der Waals surface area contributed by atoms with Crippen LogP contribution >= 0.6 is 24.0 Å². The molecule has 166 valence electrons. The van der Waals surface area contributed by atoms with Crippen molar-refractivity contribution < 1.29 is 13.2 Å². The monoisotopic (exact) mass is 527 g/mol. The van der Waals surface area contributed by atoms with Crippen LogP contribution in [0.3, 0.4) is 0 Å². The molecule has 1 aromatic rings. The van der Waals surface area contributed by atoms with E-state index in [-0.39, 0.29) is 41.6 Å². The lowest BCUT2D eigenvalue weighted by Gasteiger charge is -2.32. The molecule has 0 bridgehead atoms. The van der Waals surface area contributed by atoms with Crippen LogP contribution in [0.4, 0.5) is 13.2 Å². The topological polar surface area (TPSA) is 51.7 Å². The van der Waals surface area contributed by atoms with Gasteiger partial charge in [-0.25, -0.2) is 0 Å². The number of rotatable bonds is 7. The normalized spacial score (nSPS) is 19.6. The molecule has 3 N–H and O–H groups in total. The van der Waals surface area contributed by atoms with E-state index in [2.05, 4.69) is 53.8 Å². The third-order valence-electron chi connectivity index (χ3n) is 4.84. The maximum Gasteiger partial charge on any atom is 0.401 e. The molecule has 5 nitrogen and oxygen atoms in total. The Morgan fingerprint density at radius 1 is 1.24 bits per heavy atom. The van der Waals surface area contributed by atoms with Crippen LogP contribution in [0.25, 0.3) is 0 Å². The minimum atomic E-state index is -4.15. The van der Waals surface area contributed by atoms with Crippen molar-refractivity contribution in [1.29, 1.82) is 0 Å². The van der Waals surface area contributed by atoms with Gasteiger partial charge in [-0.1, -0.05) is 30.3 Å². The van der Waals surface area contributed by atoms with Crippen molar-refractivity contribution in [3.05, 3.63) is 35.9 Å². The van der Waals surface area contributed by atoms with Crippen molar-refractivity contribution in [2.45, 2.75) is 51.0 Å². The molecule has 2 unspecified atom stereocenters. The molecule has 0 saturated carbocycles. The summed E-state index contributed by atoms with van der Waals surface area (Å²) in [5, 5.41) is 10.1. The molecule has 1 fully saturated rings. The average Bonchev–Trinajstić information content (AvgIpc) is 3.04.